The van der Waals surface area contributed by atoms with Gasteiger partial charge in [-0.05, 0) is 135 Å². The van der Waals surface area contributed by atoms with Crippen molar-refractivity contribution in [2.24, 2.45) is 5.84 Å². The molecule has 0 unspecified atom stereocenters. The van der Waals surface area contributed by atoms with Gasteiger partial charge in [0.2, 0.25) is 0 Å². The van der Waals surface area contributed by atoms with E-state index in [0.29, 0.717) is 6.42 Å². The van der Waals surface area contributed by atoms with Crippen LogP contribution in [0.15, 0.2) is 309 Å². The zero-order valence-corrected chi connectivity index (χ0v) is 45.0. The SMILES string of the molecule is C.NNc1ccccc1.O=C1Cc2ccccc2N(c2cc(-c3ccccc3)cc(-c3ccccc3)c2)c2ccccc21.c1ccc(-c2cc(-c3ccccc3)cc(N3c4ccccc4-c4[nH]c5ccccc5c4-c4ccccc43)c2)cc1. The summed E-state index contributed by atoms with van der Waals surface area (Å²) in [6.45, 7) is 0. The number of hydrogen-bond acceptors (Lipinski definition) is 5. The van der Waals surface area contributed by atoms with Gasteiger partial charge in [-0.1, -0.05) is 232 Å². The maximum atomic E-state index is 13.2. The summed E-state index contributed by atoms with van der Waals surface area (Å²) in [5.41, 5.74) is 27.1. The number of nitrogens with one attached hydrogen (secondary N) is 2. The number of para-hydroxylation sites is 6. The normalized spacial score (nSPS) is 11.7. The Kier molecular flexibility index (Phi) is 15.2. The van der Waals surface area contributed by atoms with Gasteiger partial charge in [-0.25, -0.2) is 0 Å². The fourth-order valence-corrected chi connectivity index (χ4v) is 11.5. The van der Waals surface area contributed by atoms with Crippen LogP contribution in [0, 0.1) is 0 Å². The number of nitrogen functional groups attached to an aromatic ring is 1. The van der Waals surface area contributed by atoms with Gasteiger partial charge in [0, 0.05) is 62.3 Å². The van der Waals surface area contributed by atoms with Crippen LogP contribution in [0.25, 0.3) is 77.8 Å². The zero-order chi connectivity index (χ0) is 55.2. The van der Waals surface area contributed by atoms with E-state index in [4.69, 9.17) is 5.84 Å². The molecule has 6 heteroatoms. The lowest BCUT2D eigenvalue weighted by Gasteiger charge is -2.28. The Morgan fingerprint density at radius 1 is 0.349 bits per heavy atom. The number of hydrogen-bond donors (Lipinski definition) is 3. The fourth-order valence-electron chi connectivity index (χ4n) is 11.5. The lowest BCUT2D eigenvalue weighted by molar-refractivity contribution is 0.0994. The van der Waals surface area contributed by atoms with Crippen LogP contribution in [0.3, 0.4) is 0 Å². The molecule has 12 aromatic carbocycles. The number of nitrogens with zero attached hydrogens (tertiary/aromatic N) is 2. The van der Waals surface area contributed by atoms with Crippen LogP contribution in [-0.2, 0) is 6.42 Å². The van der Waals surface area contributed by atoms with Gasteiger partial charge in [0.25, 0.3) is 0 Å². The first-order valence-corrected chi connectivity index (χ1v) is 27.7. The summed E-state index contributed by atoms with van der Waals surface area (Å²) in [5, 5.41) is 1.24. The van der Waals surface area contributed by atoms with Crippen LogP contribution >= 0.6 is 0 Å². The molecule has 2 aliphatic heterocycles. The molecule has 0 atom stereocenters. The highest BCUT2D eigenvalue weighted by Crippen LogP contribution is 2.53. The number of nitrogens with two attached hydrogens (primary N) is 1. The zero-order valence-electron chi connectivity index (χ0n) is 45.0. The molecule has 3 heterocycles. The van der Waals surface area contributed by atoms with Crippen molar-refractivity contribution in [3.63, 3.8) is 0 Å². The van der Waals surface area contributed by atoms with E-state index in [1.165, 1.54) is 50.0 Å². The van der Waals surface area contributed by atoms with Crippen molar-refractivity contribution < 1.29 is 4.79 Å². The first kappa shape index (κ1) is 52.9. The highest BCUT2D eigenvalue weighted by Gasteiger charge is 2.30. The average Bonchev–Trinajstić information content (AvgIpc) is 3.90. The number of Topliss-reactive ketones (excluding diaryl/α,β-unsaturated/α-hetero) is 1. The molecule has 0 saturated carbocycles. The Balaban J connectivity index is 0.000000144. The van der Waals surface area contributed by atoms with Gasteiger partial charge in [-0.3, -0.25) is 10.6 Å². The molecule has 83 heavy (non-hydrogen) atoms. The first-order chi connectivity index (χ1) is 40.6. The number of H-pyrrole nitrogens is 1. The standard InChI is InChI=1S/C38H26N2.C32H23NO.C6H8N2.CH4/c1-3-13-26(14-4-1)28-23-29(27-15-5-2-6-16-27)25-30(24-28)40-35-21-11-8-18-32(35)37-31-17-7-10-20-34(31)39-38(37)33-19-9-12-22-36(33)40;34-32-22-25-15-7-9-17-30(25)33(31-18-10-8-16-29(31)32)28-20-26(23-11-3-1-4-12-23)19-27(21-28)24-13-5-2-6-14-24;7-8-6-4-2-1-3-5-6;/h1-25,39H;1-21H,22H2;1-5,8H,7H2;1H4. The van der Waals surface area contributed by atoms with Crippen LogP contribution < -0.4 is 21.1 Å². The van der Waals surface area contributed by atoms with Crippen molar-refractivity contribution in [3.05, 3.63) is 321 Å². The second kappa shape index (κ2) is 23.9. The molecular formula is C77H61N5O. The molecule has 0 fully saturated rings. The molecule has 0 spiro atoms. The van der Waals surface area contributed by atoms with Gasteiger partial charge >= 0.3 is 0 Å². The number of fused-ring (bicyclic) bond motifs is 9. The van der Waals surface area contributed by atoms with Crippen LogP contribution in [0.1, 0.15) is 23.3 Å². The van der Waals surface area contributed by atoms with Gasteiger partial charge in [-0.15, -0.1) is 0 Å². The molecule has 0 radical (unpaired) electrons. The van der Waals surface area contributed by atoms with Crippen molar-refractivity contribution >= 4 is 56.5 Å². The number of aromatic nitrogens is 1. The molecule has 1 aromatic heterocycles. The highest BCUT2D eigenvalue weighted by atomic mass is 16.1. The van der Waals surface area contributed by atoms with E-state index in [9.17, 15) is 4.79 Å². The topological polar surface area (TPSA) is 77.4 Å². The summed E-state index contributed by atoms with van der Waals surface area (Å²) in [5.74, 6) is 5.25. The maximum Gasteiger partial charge on any atom is 0.169 e. The number of carbonyl (C=O) groups excluding carboxylic acids is 1. The molecule has 2 aliphatic rings. The predicted molar refractivity (Wildman–Crippen MR) is 349 cm³/mol. The number of carbonyl (C=O) groups is 1. The Morgan fingerprint density at radius 3 is 1.19 bits per heavy atom. The van der Waals surface area contributed by atoms with Crippen molar-refractivity contribution in [1.82, 2.24) is 4.98 Å². The summed E-state index contributed by atoms with van der Waals surface area (Å²) >= 11 is 0. The molecule has 400 valence electrons. The minimum absolute atomic E-state index is 0. The largest absolute Gasteiger partial charge is 0.354 e. The van der Waals surface area contributed by atoms with Crippen LogP contribution in [0.5, 0.6) is 0 Å². The lowest BCUT2D eigenvalue weighted by Crippen LogP contribution is -2.12. The number of anilines is 7. The van der Waals surface area contributed by atoms with Gasteiger partial charge in [0.05, 0.1) is 22.8 Å². The number of hydrazine groups is 1. The van der Waals surface area contributed by atoms with E-state index in [2.05, 4.69) is 251 Å². The van der Waals surface area contributed by atoms with Crippen molar-refractivity contribution in [3.8, 4) is 66.9 Å². The third-order valence-corrected chi connectivity index (χ3v) is 15.3. The average molecular weight is 1070 g/mol. The van der Waals surface area contributed by atoms with E-state index in [1.54, 1.807) is 0 Å². The number of ketones is 1. The third kappa shape index (κ3) is 10.7. The summed E-state index contributed by atoms with van der Waals surface area (Å²) in [6.07, 6.45) is 0.396. The smallest absolute Gasteiger partial charge is 0.169 e. The second-order valence-corrected chi connectivity index (χ2v) is 20.4. The maximum absolute atomic E-state index is 13.2. The molecule has 13 aromatic rings. The quantitative estimate of drug-likeness (QED) is 0.110. The van der Waals surface area contributed by atoms with Crippen LogP contribution in [-0.4, -0.2) is 10.8 Å². The summed E-state index contributed by atoms with van der Waals surface area (Å²) in [7, 11) is 0. The van der Waals surface area contributed by atoms with E-state index < -0.39 is 0 Å². The van der Waals surface area contributed by atoms with Gasteiger partial charge in [0.15, 0.2) is 5.78 Å². The predicted octanol–water partition coefficient (Wildman–Crippen LogP) is 20.5. The minimum Gasteiger partial charge on any atom is -0.354 e. The van der Waals surface area contributed by atoms with E-state index in [0.717, 1.165) is 78.7 Å². The van der Waals surface area contributed by atoms with E-state index >= 15 is 0 Å². The molecule has 0 bridgehead atoms. The summed E-state index contributed by atoms with van der Waals surface area (Å²) < 4.78 is 0. The molecule has 0 aliphatic carbocycles. The molecule has 0 amide bonds. The Labute approximate surface area is 486 Å². The van der Waals surface area contributed by atoms with Gasteiger partial charge in [0.1, 0.15) is 0 Å². The van der Waals surface area contributed by atoms with E-state index in [1.807, 2.05) is 78.9 Å². The fraction of sp³-hybridized carbons (Fsp3) is 0.0260. The molecule has 15 rings (SSSR count). The highest BCUT2D eigenvalue weighted by molar-refractivity contribution is 6.12. The minimum atomic E-state index is 0. The number of aromatic amines is 1. The summed E-state index contributed by atoms with van der Waals surface area (Å²) in [6, 6.07) is 108. The molecular weight excluding hydrogens is 1010 g/mol. The first-order valence-electron chi connectivity index (χ1n) is 27.7. The molecule has 6 nitrogen and oxygen atoms in total. The Morgan fingerprint density at radius 2 is 0.711 bits per heavy atom. The Bertz CT molecular complexity index is 4250. The monoisotopic (exact) mass is 1070 g/mol. The van der Waals surface area contributed by atoms with Crippen molar-refractivity contribution in [2.45, 2.75) is 13.8 Å². The number of rotatable bonds is 7. The van der Waals surface area contributed by atoms with Crippen molar-refractivity contribution in [1.29, 1.82) is 0 Å². The third-order valence-electron chi connectivity index (χ3n) is 15.3. The number of benzene rings is 12. The molecule has 4 N–H and O–H groups in total. The van der Waals surface area contributed by atoms with Gasteiger partial charge < -0.3 is 20.2 Å². The second-order valence-electron chi connectivity index (χ2n) is 20.4. The van der Waals surface area contributed by atoms with Gasteiger partial charge in [-0.2, -0.15) is 0 Å². The van der Waals surface area contributed by atoms with Crippen LogP contribution in [0.4, 0.5) is 39.8 Å². The Hall–Kier alpha value is -10.8. The molecule has 0 saturated heterocycles. The van der Waals surface area contributed by atoms with E-state index in [-0.39, 0.29) is 13.2 Å². The summed E-state index contributed by atoms with van der Waals surface area (Å²) in [4.78, 5) is 21.6. The van der Waals surface area contributed by atoms with Crippen molar-refractivity contribution in [2.75, 3.05) is 15.2 Å². The lowest BCUT2D eigenvalue weighted by atomic mass is 9.97. The van der Waals surface area contributed by atoms with Crippen LogP contribution in [0.2, 0.25) is 0 Å².